The molecule has 0 unspecified atom stereocenters. The van der Waals surface area contributed by atoms with Gasteiger partial charge in [0.25, 0.3) is 5.69 Å². The van der Waals surface area contributed by atoms with E-state index < -0.39 is 10.7 Å². The van der Waals surface area contributed by atoms with Crippen molar-refractivity contribution in [1.82, 2.24) is 4.90 Å². The van der Waals surface area contributed by atoms with Crippen LogP contribution < -0.4 is 0 Å². The van der Waals surface area contributed by atoms with E-state index in [1.54, 1.807) is 4.90 Å². The number of likely N-dealkylation sites (N-methyl/N-ethyl adjacent to an activating group) is 1. The number of nitro groups is 1. The molecule has 20 heavy (non-hydrogen) atoms. The zero-order valence-electron chi connectivity index (χ0n) is 11.3. The molecule has 0 saturated carbocycles. The molecule has 0 saturated heterocycles. The number of nitro benzene ring substituents is 1. The van der Waals surface area contributed by atoms with E-state index in [2.05, 4.69) is 0 Å². The standard InChI is InChI=1S/C14H14N2O4/c1-3-15(4-2)11-8-12(17)13-9(14(11)18)6-5-7-10(13)16(19)20/h5-8H,3-4H2,1-2H3. The topological polar surface area (TPSA) is 80.5 Å². The van der Waals surface area contributed by atoms with Crippen LogP contribution in [0, 0.1) is 10.1 Å². The summed E-state index contributed by atoms with van der Waals surface area (Å²) < 4.78 is 0. The smallest absolute Gasteiger partial charge is 0.281 e. The molecule has 104 valence electrons. The van der Waals surface area contributed by atoms with Crippen LogP contribution in [0.25, 0.3) is 0 Å². The summed E-state index contributed by atoms with van der Waals surface area (Å²) >= 11 is 0. The van der Waals surface area contributed by atoms with Crippen molar-refractivity contribution in [2.75, 3.05) is 13.1 Å². The van der Waals surface area contributed by atoms with E-state index >= 15 is 0 Å². The Labute approximate surface area is 115 Å². The van der Waals surface area contributed by atoms with E-state index in [4.69, 9.17) is 0 Å². The molecule has 1 aromatic carbocycles. The summed E-state index contributed by atoms with van der Waals surface area (Å²) in [5.74, 6) is -0.833. The number of benzene rings is 1. The summed E-state index contributed by atoms with van der Waals surface area (Å²) in [6.45, 7) is 4.94. The van der Waals surface area contributed by atoms with Crippen LogP contribution in [-0.4, -0.2) is 34.5 Å². The lowest BCUT2D eigenvalue weighted by molar-refractivity contribution is -0.385. The normalized spacial score (nSPS) is 13.8. The minimum atomic E-state index is -0.639. The predicted molar refractivity (Wildman–Crippen MR) is 72.8 cm³/mol. The maximum absolute atomic E-state index is 12.4. The van der Waals surface area contributed by atoms with Crippen LogP contribution in [0.5, 0.6) is 0 Å². The van der Waals surface area contributed by atoms with Gasteiger partial charge in [-0.15, -0.1) is 0 Å². The van der Waals surface area contributed by atoms with Gasteiger partial charge in [-0.05, 0) is 19.9 Å². The number of carbonyl (C=O) groups excluding carboxylic acids is 2. The molecule has 0 atom stereocenters. The van der Waals surface area contributed by atoms with Gasteiger partial charge in [0.2, 0.25) is 5.78 Å². The summed E-state index contributed by atoms with van der Waals surface area (Å²) in [4.78, 5) is 36.6. The van der Waals surface area contributed by atoms with Crippen molar-refractivity contribution in [3.8, 4) is 0 Å². The number of nitrogens with zero attached hydrogens (tertiary/aromatic N) is 2. The van der Waals surface area contributed by atoms with Gasteiger partial charge >= 0.3 is 0 Å². The number of rotatable bonds is 4. The van der Waals surface area contributed by atoms with Crippen molar-refractivity contribution in [2.45, 2.75) is 13.8 Å². The number of carbonyl (C=O) groups is 2. The van der Waals surface area contributed by atoms with Crippen molar-refractivity contribution in [1.29, 1.82) is 0 Å². The van der Waals surface area contributed by atoms with Crippen LogP contribution in [0.3, 0.4) is 0 Å². The van der Waals surface area contributed by atoms with Gasteiger partial charge in [0.05, 0.1) is 10.6 Å². The van der Waals surface area contributed by atoms with E-state index in [0.29, 0.717) is 18.8 Å². The molecule has 0 amide bonds. The van der Waals surface area contributed by atoms with Gasteiger partial charge in [0.1, 0.15) is 5.56 Å². The van der Waals surface area contributed by atoms with E-state index in [9.17, 15) is 19.7 Å². The molecule has 2 rings (SSSR count). The number of fused-ring (bicyclic) bond motifs is 1. The Morgan fingerprint density at radius 1 is 1.20 bits per heavy atom. The third kappa shape index (κ3) is 2.09. The van der Waals surface area contributed by atoms with Gasteiger partial charge in [-0.25, -0.2) is 0 Å². The van der Waals surface area contributed by atoms with Crippen molar-refractivity contribution in [3.63, 3.8) is 0 Å². The average Bonchev–Trinajstić information content (AvgIpc) is 2.44. The van der Waals surface area contributed by atoms with Gasteiger partial charge in [-0.2, -0.15) is 0 Å². The maximum Gasteiger partial charge on any atom is 0.281 e. The first-order chi connectivity index (χ1) is 9.51. The Morgan fingerprint density at radius 3 is 2.40 bits per heavy atom. The SMILES string of the molecule is CCN(CC)C1=CC(=O)c2c(cccc2[N+](=O)[O-])C1=O. The lowest BCUT2D eigenvalue weighted by Gasteiger charge is -2.26. The number of ketones is 2. The average molecular weight is 274 g/mol. The molecule has 1 aromatic rings. The number of allylic oxidation sites excluding steroid dienone is 2. The first-order valence-corrected chi connectivity index (χ1v) is 6.34. The van der Waals surface area contributed by atoms with Crippen LogP contribution in [0.4, 0.5) is 5.69 Å². The Kier molecular flexibility index (Phi) is 3.65. The van der Waals surface area contributed by atoms with Crippen molar-refractivity contribution in [3.05, 3.63) is 51.2 Å². The predicted octanol–water partition coefficient (Wildman–Crippen LogP) is 2.20. The summed E-state index contributed by atoms with van der Waals surface area (Å²) in [6.07, 6.45) is 1.20. The van der Waals surface area contributed by atoms with Crippen LogP contribution >= 0.6 is 0 Å². The zero-order chi connectivity index (χ0) is 14.9. The molecular weight excluding hydrogens is 260 g/mol. The molecule has 0 aliphatic heterocycles. The van der Waals surface area contributed by atoms with Crippen molar-refractivity contribution < 1.29 is 14.5 Å². The third-order valence-electron chi connectivity index (χ3n) is 3.33. The van der Waals surface area contributed by atoms with Crippen LogP contribution in [0.15, 0.2) is 30.0 Å². The van der Waals surface area contributed by atoms with Gasteiger partial charge in [0.15, 0.2) is 5.78 Å². The Balaban J connectivity index is 2.60. The van der Waals surface area contributed by atoms with Crippen LogP contribution in [0.1, 0.15) is 34.6 Å². The molecule has 0 heterocycles. The zero-order valence-corrected chi connectivity index (χ0v) is 11.3. The molecule has 0 aromatic heterocycles. The molecule has 0 N–H and O–H groups in total. The number of Topliss-reactive ketones (excluding diaryl/α,β-unsaturated/α-hetero) is 1. The highest BCUT2D eigenvalue weighted by molar-refractivity contribution is 6.25. The molecule has 6 nitrogen and oxygen atoms in total. The fourth-order valence-electron chi connectivity index (χ4n) is 2.34. The number of hydrogen-bond acceptors (Lipinski definition) is 5. The summed E-state index contributed by atoms with van der Waals surface area (Å²) in [5, 5.41) is 11.0. The van der Waals surface area contributed by atoms with E-state index in [0.717, 1.165) is 0 Å². The third-order valence-corrected chi connectivity index (χ3v) is 3.33. The van der Waals surface area contributed by atoms with Gasteiger partial charge in [0, 0.05) is 30.8 Å². The lowest BCUT2D eigenvalue weighted by atomic mass is 9.90. The first-order valence-electron chi connectivity index (χ1n) is 6.34. The van der Waals surface area contributed by atoms with Crippen LogP contribution in [-0.2, 0) is 0 Å². The second kappa shape index (κ2) is 5.24. The van der Waals surface area contributed by atoms with Crippen molar-refractivity contribution in [2.24, 2.45) is 0 Å². The molecular formula is C14H14N2O4. The Morgan fingerprint density at radius 2 is 1.85 bits per heavy atom. The lowest BCUT2D eigenvalue weighted by Crippen LogP contribution is -2.31. The van der Waals surface area contributed by atoms with Crippen molar-refractivity contribution >= 4 is 17.3 Å². The molecule has 0 fully saturated rings. The van der Waals surface area contributed by atoms with E-state index in [-0.39, 0.29) is 22.6 Å². The van der Waals surface area contributed by atoms with Crippen LogP contribution in [0.2, 0.25) is 0 Å². The largest absolute Gasteiger partial charge is 0.369 e. The monoisotopic (exact) mass is 274 g/mol. The van der Waals surface area contributed by atoms with E-state index in [1.807, 2.05) is 13.8 Å². The second-order valence-electron chi connectivity index (χ2n) is 4.35. The second-order valence-corrected chi connectivity index (χ2v) is 4.35. The fourth-order valence-corrected chi connectivity index (χ4v) is 2.34. The first kappa shape index (κ1) is 13.9. The molecule has 0 spiro atoms. The van der Waals surface area contributed by atoms with Gasteiger partial charge in [-0.3, -0.25) is 19.7 Å². The molecule has 1 aliphatic carbocycles. The highest BCUT2D eigenvalue weighted by atomic mass is 16.6. The molecule has 6 heteroatoms. The molecule has 0 bridgehead atoms. The summed E-state index contributed by atoms with van der Waals surface area (Å²) in [5.41, 5.74) is -0.0318. The van der Waals surface area contributed by atoms with E-state index in [1.165, 1.54) is 24.3 Å². The summed E-state index contributed by atoms with van der Waals surface area (Å²) in [7, 11) is 0. The molecule has 0 radical (unpaired) electrons. The van der Waals surface area contributed by atoms with Gasteiger partial charge in [-0.1, -0.05) is 6.07 Å². The Bertz CT molecular complexity index is 630. The fraction of sp³-hybridized carbons (Fsp3) is 0.286. The summed E-state index contributed by atoms with van der Waals surface area (Å²) in [6, 6.07) is 4.12. The number of hydrogen-bond donors (Lipinski definition) is 0. The maximum atomic E-state index is 12.4. The minimum absolute atomic E-state index is 0.105. The quantitative estimate of drug-likeness (QED) is 0.621. The minimum Gasteiger partial charge on any atom is -0.369 e. The highest BCUT2D eigenvalue weighted by Crippen LogP contribution is 2.30. The highest BCUT2D eigenvalue weighted by Gasteiger charge is 2.33. The Hall–Kier alpha value is -2.50. The van der Waals surface area contributed by atoms with Gasteiger partial charge < -0.3 is 4.90 Å². The molecule has 1 aliphatic rings.